The molecule has 0 amide bonds. The van der Waals surface area contributed by atoms with Gasteiger partial charge in [-0.25, -0.2) is 0 Å². The summed E-state index contributed by atoms with van der Waals surface area (Å²) < 4.78 is 15.9. The molecule has 1 heterocycles. The number of ether oxygens (including phenoxy) is 3. The van der Waals surface area contributed by atoms with E-state index < -0.39 is 0 Å². The molecule has 3 heteroatoms. The van der Waals surface area contributed by atoms with Crippen LogP contribution in [0.15, 0.2) is 0 Å². The second-order valence-corrected chi connectivity index (χ2v) is 2.61. The maximum Gasteiger partial charge on any atom is 0.183 e. The molecule has 1 aliphatic rings. The summed E-state index contributed by atoms with van der Waals surface area (Å²) in [7, 11) is 1.70. The van der Waals surface area contributed by atoms with Crippen molar-refractivity contribution in [1.29, 1.82) is 0 Å². The minimum absolute atomic E-state index is 0.128. The van der Waals surface area contributed by atoms with Gasteiger partial charge in [0.2, 0.25) is 0 Å². The molecule has 0 radical (unpaired) electrons. The van der Waals surface area contributed by atoms with Gasteiger partial charge in [0.25, 0.3) is 0 Å². The molecule has 0 saturated carbocycles. The van der Waals surface area contributed by atoms with Gasteiger partial charge >= 0.3 is 0 Å². The zero-order valence-electron chi connectivity index (χ0n) is 7.21. The minimum atomic E-state index is -0.140. The van der Waals surface area contributed by atoms with Gasteiger partial charge in [0.15, 0.2) is 6.29 Å². The lowest BCUT2D eigenvalue weighted by atomic mass is 10.1. The molecule has 2 atom stereocenters. The largest absolute Gasteiger partial charge is 0.376 e. The van der Waals surface area contributed by atoms with E-state index >= 15 is 0 Å². The predicted octanol–water partition coefficient (Wildman–Crippen LogP) is 1.17. The van der Waals surface area contributed by atoms with Crippen molar-refractivity contribution in [2.45, 2.75) is 32.2 Å². The second kappa shape index (κ2) is 4.70. The van der Waals surface area contributed by atoms with Crippen molar-refractivity contribution in [2.75, 3.05) is 20.3 Å². The molecular weight excluding hydrogens is 144 g/mol. The van der Waals surface area contributed by atoms with Crippen molar-refractivity contribution in [3.05, 3.63) is 0 Å². The van der Waals surface area contributed by atoms with Crippen LogP contribution in [0.1, 0.15) is 19.8 Å². The maximum atomic E-state index is 5.37. The van der Waals surface area contributed by atoms with Crippen LogP contribution in [0, 0.1) is 0 Å². The first-order valence-corrected chi connectivity index (χ1v) is 4.14. The standard InChI is InChI=1S/C8H16O3/c1-3-10-8-7(9-2)5-4-6-11-8/h7-8H,3-6H2,1-2H3. The number of rotatable bonds is 3. The van der Waals surface area contributed by atoms with Gasteiger partial charge in [0, 0.05) is 20.3 Å². The van der Waals surface area contributed by atoms with E-state index in [4.69, 9.17) is 14.2 Å². The van der Waals surface area contributed by atoms with Gasteiger partial charge in [-0.2, -0.15) is 0 Å². The van der Waals surface area contributed by atoms with Crippen LogP contribution in [0.3, 0.4) is 0 Å². The molecule has 0 N–H and O–H groups in total. The molecule has 0 spiro atoms. The molecule has 1 saturated heterocycles. The molecule has 66 valence electrons. The van der Waals surface area contributed by atoms with Crippen LogP contribution in [-0.4, -0.2) is 32.7 Å². The third-order valence-electron chi connectivity index (χ3n) is 1.85. The summed E-state index contributed by atoms with van der Waals surface area (Å²) in [6.07, 6.45) is 2.10. The van der Waals surface area contributed by atoms with Crippen molar-refractivity contribution >= 4 is 0 Å². The number of hydrogen-bond acceptors (Lipinski definition) is 3. The van der Waals surface area contributed by atoms with E-state index in [0.717, 1.165) is 19.4 Å². The van der Waals surface area contributed by atoms with E-state index in [9.17, 15) is 0 Å². The summed E-state index contributed by atoms with van der Waals surface area (Å²) >= 11 is 0. The zero-order chi connectivity index (χ0) is 8.10. The van der Waals surface area contributed by atoms with Gasteiger partial charge in [0.1, 0.15) is 6.10 Å². The first-order valence-electron chi connectivity index (χ1n) is 4.14. The topological polar surface area (TPSA) is 27.7 Å². The third kappa shape index (κ3) is 2.43. The lowest BCUT2D eigenvalue weighted by Crippen LogP contribution is -2.37. The number of hydrogen-bond donors (Lipinski definition) is 0. The molecule has 0 bridgehead atoms. The molecule has 1 rings (SSSR count). The Hall–Kier alpha value is -0.120. The molecule has 1 aliphatic heterocycles. The Labute approximate surface area is 67.6 Å². The van der Waals surface area contributed by atoms with Gasteiger partial charge in [0.05, 0.1) is 0 Å². The third-order valence-corrected chi connectivity index (χ3v) is 1.85. The van der Waals surface area contributed by atoms with E-state index in [1.54, 1.807) is 7.11 Å². The molecule has 11 heavy (non-hydrogen) atoms. The fourth-order valence-corrected chi connectivity index (χ4v) is 1.28. The van der Waals surface area contributed by atoms with Crippen molar-refractivity contribution in [3.8, 4) is 0 Å². The molecule has 3 nitrogen and oxygen atoms in total. The smallest absolute Gasteiger partial charge is 0.183 e. The highest BCUT2D eigenvalue weighted by Crippen LogP contribution is 2.17. The Balaban J connectivity index is 2.31. The monoisotopic (exact) mass is 160 g/mol. The van der Waals surface area contributed by atoms with Gasteiger partial charge < -0.3 is 14.2 Å². The van der Waals surface area contributed by atoms with Gasteiger partial charge in [-0.05, 0) is 19.8 Å². The molecule has 1 fully saturated rings. The van der Waals surface area contributed by atoms with Gasteiger partial charge in [-0.15, -0.1) is 0 Å². The van der Waals surface area contributed by atoms with Crippen LogP contribution in [-0.2, 0) is 14.2 Å². The Kier molecular flexibility index (Phi) is 3.83. The van der Waals surface area contributed by atoms with Crippen molar-refractivity contribution < 1.29 is 14.2 Å². The van der Waals surface area contributed by atoms with Crippen LogP contribution in [0.2, 0.25) is 0 Å². The predicted molar refractivity (Wildman–Crippen MR) is 41.4 cm³/mol. The average molecular weight is 160 g/mol. The highest BCUT2D eigenvalue weighted by atomic mass is 16.7. The van der Waals surface area contributed by atoms with Gasteiger partial charge in [-0.1, -0.05) is 0 Å². The highest BCUT2D eigenvalue weighted by Gasteiger charge is 2.25. The normalized spacial score (nSPS) is 32.2. The van der Waals surface area contributed by atoms with Crippen LogP contribution in [0.25, 0.3) is 0 Å². The Bertz CT molecular complexity index is 104. The summed E-state index contributed by atoms with van der Waals surface area (Å²) in [6.45, 7) is 3.44. The lowest BCUT2D eigenvalue weighted by Gasteiger charge is -2.29. The average Bonchev–Trinajstić information content (AvgIpc) is 2.06. The summed E-state index contributed by atoms with van der Waals surface area (Å²) in [5.41, 5.74) is 0. The maximum absolute atomic E-state index is 5.37. The summed E-state index contributed by atoms with van der Waals surface area (Å²) in [5.74, 6) is 0. The van der Waals surface area contributed by atoms with Crippen LogP contribution in [0.4, 0.5) is 0 Å². The molecule has 0 aromatic carbocycles. The Morgan fingerprint density at radius 3 is 3.00 bits per heavy atom. The summed E-state index contributed by atoms with van der Waals surface area (Å²) in [5, 5.41) is 0. The van der Waals surface area contributed by atoms with E-state index in [2.05, 4.69) is 0 Å². The minimum Gasteiger partial charge on any atom is -0.376 e. The quantitative estimate of drug-likeness (QED) is 0.620. The van der Waals surface area contributed by atoms with Crippen LogP contribution in [0.5, 0.6) is 0 Å². The zero-order valence-corrected chi connectivity index (χ0v) is 7.21. The van der Waals surface area contributed by atoms with Crippen LogP contribution >= 0.6 is 0 Å². The summed E-state index contributed by atoms with van der Waals surface area (Å²) in [4.78, 5) is 0. The van der Waals surface area contributed by atoms with E-state index in [-0.39, 0.29) is 12.4 Å². The molecule has 0 aliphatic carbocycles. The second-order valence-electron chi connectivity index (χ2n) is 2.61. The first kappa shape index (κ1) is 8.97. The van der Waals surface area contributed by atoms with E-state index in [1.165, 1.54) is 0 Å². The fourth-order valence-electron chi connectivity index (χ4n) is 1.28. The van der Waals surface area contributed by atoms with Crippen molar-refractivity contribution in [3.63, 3.8) is 0 Å². The molecule has 0 aromatic rings. The molecule has 2 unspecified atom stereocenters. The van der Waals surface area contributed by atoms with Gasteiger partial charge in [-0.3, -0.25) is 0 Å². The highest BCUT2D eigenvalue weighted by molar-refractivity contribution is 4.67. The Morgan fingerprint density at radius 1 is 1.55 bits per heavy atom. The lowest BCUT2D eigenvalue weighted by molar-refractivity contribution is -0.219. The molecule has 0 aromatic heterocycles. The van der Waals surface area contributed by atoms with Crippen molar-refractivity contribution in [1.82, 2.24) is 0 Å². The van der Waals surface area contributed by atoms with Crippen LogP contribution < -0.4 is 0 Å². The fraction of sp³-hybridized carbons (Fsp3) is 1.00. The Morgan fingerprint density at radius 2 is 2.36 bits per heavy atom. The number of methoxy groups -OCH3 is 1. The van der Waals surface area contributed by atoms with E-state index in [1.807, 2.05) is 6.92 Å². The molecular formula is C8H16O3. The van der Waals surface area contributed by atoms with Crippen molar-refractivity contribution in [2.24, 2.45) is 0 Å². The SMILES string of the molecule is CCOC1OCCCC1OC. The first-order chi connectivity index (χ1) is 5.38. The van der Waals surface area contributed by atoms with E-state index in [0.29, 0.717) is 6.61 Å². The summed E-state index contributed by atoms with van der Waals surface area (Å²) in [6, 6.07) is 0.